The van der Waals surface area contributed by atoms with E-state index in [1.165, 1.54) is 18.2 Å². The lowest BCUT2D eigenvalue weighted by Gasteiger charge is -2.09. The Kier molecular flexibility index (Phi) is 6.70. The summed E-state index contributed by atoms with van der Waals surface area (Å²) in [6.07, 6.45) is -4.19. The van der Waals surface area contributed by atoms with Gasteiger partial charge < -0.3 is 9.47 Å². The van der Waals surface area contributed by atoms with E-state index in [1.807, 2.05) is 0 Å². The SMILES string of the molecule is O=[N+]([O-])c1ccc(CCl)cc1OCCCOCC(F)(F)F. The third-order valence-electron chi connectivity index (χ3n) is 2.33. The first kappa shape index (κ1) is 17.5. The van der Waals surface area contributed by atoms with Crippen LogP contribution in [-0.4, -0.2) is 30.9 Å². The Morgan fingerprint density at radius 2 is 2.00 bits per heavy atom. The van der Waals surface area contributed by atoms with Crippen molar-refractivity contribution in [3.05, 3.63) is 33.9 Å². The lowest BCUT2D eigenvalue weighted by atomic mass is 10.2. The van der Waals surface area contributed by atoms with Crippen LogP contribution in [-0.2, 0) is 10.6 Å². The fraction of sp³-hybridized carbons (Fsp3) is 0.500. The van der Waals surface area contributed by atoms with Gasteiger partial charge in [0.25, 0.3) is 0 Å². The van der Waals surface area contributed by atoms with Crippen LogP contribution >= 0.6 is 11.6 Å². The largest absolute Gasteiger partial charge is 0.487 e. The Morgan fingerprint density at radius 3 is 2.57 bits per heavy atom. The molecule has 0 radical (unpaired) electrons. The summed E-state index contributed by atoms with van der Waals surface area (Å²) in [5, 5.41) is 10.8. The summed E-state index contributed by atoms with van der Waals surface area (Å²) in [6, 6.07) is 4.21. The van der Waals surface area contributed by atoms with Gasteiger partial charge in [0.15, 0.2) is 5.75 Å². The van der Waals surface area contributed by atoms with Crippen molar-refractivity contribution in [1.82, 2.24) is 0 Å². The second-order valence-corrected chi connectivity index (χ2v) is 4.33. The van der Waals surface area contributed by atoms with Crippen molar-refractivity contribution >= 4 is 17.3 Å². The third kappa shape index (κ3) is 6.63. The molecule has 1 aromatic carbocycles. The van der Waals surface area contributed by atoms with E-state index in [1.54, 1.807) is 0 Å². The molecular formula is C12H13ClF3NO4. The monoisotopic (exact) mass is 327 g/mol. The predicted octanol–water partition coefficient (Wildman–Crippen LogP) is 3.68. The van der Waals surface area contributed by atoms with E-state index in [4.69, 9.17) is 16.3 Å². The molecule has 0 bridgehead atoms. The van der Waals surface area contributed by atoms with Crippen molar-refractivity contribution in [1.29, 1.82) is 0 Å². The number of hydrogen-bond acceptors (Lipinski definition) is 4. The first-order valence-corrected chi connectivity index (χ1v) is 6.47. The molecule has 0 saturated heterocycles. The minimum atomic E-state index is -4.37. The van der Waals surface area contributed by atoms with Gasteiger partial charge in [0.2, 0.25) is 0 Å². The van der Waals surface area contributed by atoms with Crippen LogP contribution in [0.4, 0.5) is 18.9 Å². The zero-order valence-electron chi connectivity index (χ0n) is 10.9. The van der Waals surface area contributed by atoms with Crippen LogP contribution in [0.25, 0.3) is 0 Å². The number of hydrogen-bond donors (Lipinski definition) is 0. The number of nitro groups is 1. The van der Waals surface area contributed by atoms with Crippen molar-refractivity contribution in [2.24, 2.45) is 0 Å². The van der Waals surface area contributed by atoms with E-state index in [9.17, 15) is 23.3 Å². The van der Waals surface area contributed by atoms with E-state index in [0.717, 1.165) is 0 Å². The summed E-state index contributed by atoms with van der Waals surface area (Å²) < 4.78 is 45.0. The fourth-order valence-corrected chi connectivity index (χ4v) is 1.61. The Morgan fingerprint density at radius 1 is 1.29 bits per heavy atom. The van der Waals surface area contributed by atoms with Crippen molar-refractivity contribution in [2.45, 2.75) is 18.5 Å². The molecule has 0 fully saturated rings. The number of ether oxygens (including phenoxy) is 2. The van der Waals surface area contributed by atoms with Crippen LogP contribution in [0.1, 0.15) is 12.0 Å². The average molecular weight is 328 g/mol. The number of benzene rings is 1. The molecule has 21 heavy (non-hydrogen) atoms. The number of halogens is 4. The van der Waals surface area contributed by atoms with E-state index in [-0.39, 0.29) is 37.0 Å². The Labute approximate surface area is 123 Å². The molecule has 0 spiro atoms. The van der Waals surface area contributed by atoms with Gasteiger partial charge >= 0.3 is 11.9 Å². The summed E-state index contributed by atoms with van der Waals surface area (Å²) in [5.41, 5.74) is 0.422. The third-order valence-corrected chi connectivity index (χ3v) is 2.64. The van der Waals surface area contributed by atoms with E-state index < -0.39 is 17.7 Å². The molecule has 0 N–H and O–H groups in total. The smallest absolute Gasteiger partial charge is 0.411 e. The van der Waals surface area contributed by atoms with Gasteiger partial charge in [-0.1, -0.05) is 6.07 Å². The number of nitrogens with zero attached hydrogens (tertiary/aromatic N) is 1. The van der Waals surface area contributed by atoms with Crippen LogP contribution in [0.2, 0.25) is 0 Å². The maximum atomic E-state index is 11.8. The first-order valence-electron chi connectivity index (χ1n) is 5.94. The molecular weight excluding hydrogens is 315 g/mol. The number of nitro benzene ring substituents is 1. The zero-order valence-corrected chi connectivity index (χ0v) is 11.6. The average Bonchev–Trinajstić information content (AvgIpc) is 2.41. The highest BCUT2D eigenvalue weighted by atomic mass is 35.5. The molecule has 0 atom stereocenters. The van der Waals surface area contributed by atoms with Crippen LogP contribution < -0.4 is 4.74 Å². The van der Waals surface area contributed by atoms with Crippen LogP contribution in [0.15, 0.2) is 18.2 Å². The molecule has 9 heteroatoms. The molecule has 0 aliphatic carbocycles. The highest BCUT2D eigenvalue weighted by Gasteiger charge is 2.27. The van der Waals surface area contributed by atoms with E-state index >= 15 is 0 Å². The van der Waals surface area contributed by atoms with Crippen molar-refractivity contribution in [3.8, 4) is 5.75 Å². The summed E-state index contributed by atoms with van der Waals surface area (Å²) in [4.78, 5) is 10.2. The molecule has 1 aromatic rings. The highest BCUT2D eigenvalue weighted by molar-refractivity contribution is 6.17. The molecule has 0 unspecified atom stereocenters. The van der Waals surface area contributed by atoms with Crippen LogP contribution in [0.3, 0.4) is 0 Å². The zero-order chi connectivity index (χ0) is 15.9. The second kappa shape index (κ2) is 8.04. The summed E-state index contributed by atoms with van der Waals surface area (Å²) in [6.45, 7) is -1.47. The Hall–Kier alpha value is -1.54. The molecule has 0 heterocycles. The standard InChI is InChI=1S/C12H13ClF3NO4/c13-7-9-2-3-10(17(18)19)11(6-9)21-5-1-4-20-8-12(14,15)16/h2-3,6H,1,4-5,7-8H2. The van der Waals surface area contributed by atoms with Gasteiger partial charge in [-0.15, -0.1) is 11.6 Å². The van der Waals surface area contributed by atoms with Crippen LogP contribution in [0, 0.1) is 10.1 Å². The number of rotatable bonds is 8. The predicted molar refractivity (Wildman–Crippen MR) is 69.6 cm³/mol. The van der Waals surface area contributed by atoms with E-state index in [0.29, 0.717) is 5.56 Å². The lowest BCUT2D eigenvalue weighted by Crippen LogP contribution is -2.18. The molecule has 0 saturated carbocycles. The molecule has 5 nitrogen and oxygen atoms in total. The van der Waals surface area contributed by atoms with Crippen LogP contribution in [0.5, 0.6) is 5.75 Å². The van der Waals surface area contributed by atoms with Crippen molar-refractivity contribution in [2.75, 3.05) is 19.8 Å². The minimum absolute atomic E-state index is 0.00440. The molecule has 0 aliphatic rings. The summed E-state index contributed by atoms with van der Waals surface area (Å²) in [7, 11) is 0. The maximum absolute atomic E-state index is 11.8. The topological polar surface area (TPSA) is 61.6 Å². The summed E-state index contributed by atoms with van der Waals surface area (Å²) >= 11 is 5.62. The molecule has 0 aromatic heterocycles. The van der Waals surface area contributed by atoms with Gasteiger partial charge in [0.05, 0.1) is 18.1 Å². The molecule has 0 amide bonds. The lowest BCUT2D eigenvalue weighted by molar-refractivity contribution is -0.385. The normalized spacial score (nSPS) is 11.4. The van der Waals surface area contributed by atoms with Gasteiger partial charge in [-0.25, -0.2) is 0 Å². The molecule has 1 rings (SSSR count). The van der Waals surface area contributed by atoms with Gasteiger partial charge in [0.1, 0.15) is 6.61 Å². The maximum Gasteiger partial charge on any atom is 0.411 e. The van der Waals surface area contributed by atoms with Crippen molar-refractivity contribution in [3.63, 3.8) is 0 Å². The van der Waals surface area contributed by atoms with E-state index in [2.05, 4.69) is 4.74 Å². The molecule has 118 valence electrons. The first-order chi connectivity index (χ1) is 9.83. The quantitative estimate of drug-likeness (QED) is 0.316. The fourth-order valence-electron chi connectivity index (χ4n) is 1.44. The Bertz CT molecular complexity index is 482. The summed E-state index contributed by atoms with van der Waals surface area (Å²) in [5.74, 6) is 0.206. The second-order valence-electron chi connectivity index (χ2n) is 4.06. The highest BCUT2D eigenvalue weighted by Crippen LogP contribution is 2.28. The van der Waals surface area contributed by atoms with Gasteiger partial charge in [0, 0.05) is 18.4 Å². The number of alkyl halides is 4. The van der Waals surface area contributed by atoms with Gasteiger partial charge in [-0.2, -0.15) is 13.2 Å². The molecule has 0 aliphatic heterocycles. The van der Waals surface area contributed by atoms with Crippen molar-refractivity contribution < 1.29 is 27.6 Å². The van der Waals surface area contributed by atoms with Gasteiger partial charge in [-0.3, -0.25) is 10.1 Å². The Balaban J connectivity index is 2.45. The van der Waals surface area contributed by atoms with Gasteiger partial charge in [-0.05, 0) is 11.6 Å². The minimum Gasteiger partial charge on any atom is -0.487 e.